The van der Waals surface area contributed by atoms with Gasteiger partial charge in [0.05, 0.1) is 0 Å². The second kappa shape index (κ2) is 7.47. The molecule has 0 atom stereocenters. The van der Waals surface area contributed by atoms with Gasteiger partial charge in [0.2, 0.25) is 7.06 Å². The quantitative estimate of drug-likeness (QED) is 0.647. The van der Waals surface area contributed by atoms with Crippen LogP contribution >= 0.6 is 0 Å². The van der Waals surface area contributed by atoms with E-state index >= 15 is 0 Å². The molecular formula is C10H23B3O4. The molecule has 17 heavy (non-hydrogen) atoms. The zero-order chi connectivity index (χ0) is 12.7. The second-order valence-electron chi connectivity index (χ2n) is 5.52. The molecule has 1 fully saturated rings. The summed E-state index contributed by atoms with van der Waals surface area (Å²) in [6.07, 6.45) is 0.971. The lowest BCUT2D eigenvalue weighted by Crippen LogP contribution is -2.47. The maximum Gasteiger partial charge on any atom is 0.400 e. The van der Waals surface area contributed by atoms with Crippen molar-refractivity contribution in [2.24, 2.45) is 5.41 Å². The Hall–Kier alpha value is 0.0348. The fourth-order valence-electron chi connectivity index (χ4n) is 1.54. The van der Waals surface area contributed by atoms with Crippen molar-refractivity contribution in [1.29, 1.82) is 0 Å². The lowest BCUT2D eigenvalue weighted by Gasteiger charge is -2.24. The summed E-state index contributed by atoms with van der Waals surface area (Å²) in [6, 6.07) is 0. The summed E-state index contributed by atoms with van der Waals surface area (Å²) in [6.45, 7) is 11.2. The maximum absolute atomic E-state index is 5.77. The van der Waals surface area contributed by atoms with Gasteiger partial charge in [0, 0.05) is 26.4 Å². The van der Waals surface area contributed by atoms with Crippen LogP contribution in [0.3, 0.4) is 0 Å². The zero-order valence-electron chi connectivity index (χ0n) is 11.5. The summed E-state index contributed by atoms with van der Waals surface area (Å²) >= 11 is 0. The molecule has 0 unspecified atom stereocenters. The first-order chi connectivity index (χ1) is 8.01. The third-order valence-electron chi connectivity index (χ3n) is 2.34. The van der Waals surface area contributed by atoms with Crippen molar-refractivity contribution in [2.45, 2.75) is 34.1 Å². The Morgan fingerprint density at radius 2 is 1.88 bits per heavy atom. The first-order valence-corrected chi connectivity index (χ1v) is 6.47. The van der Waals surface area contributed by atoms with Gasteiger partial charge in [0.15, 0.2) is 0 Å². The average molecular weight is 240 g/mol. The Labute approximate surface area is 106 Å². The van der Waals surface area contributed by atoms with Crippen LogP contribution in [0.15, 0.2) is 0 Å². The van der Waals surface area contributed by atoms with E-state index in [-0.39, 0.29) is 19.4 Å². The first-order valence-electron chi connectivity index (χ1n) is 6.47. The molecule has 0 spiro atoms. The van der Waals surface area contributed by atoms with Crippen molar-refractivity contribution < 1.29 is 18.6 Å². The minimum absolute atomic E-state index is 0.142. The molecule has 0 radical (unpaired) electrons. The van der Waals surface area contributed by atoms with Crippen molar-refractivity contribution in [3.8, 4) is 0 Å². The molecular weight excluding hydrogens is 217 g/mol. The smallest absolute Gasteiger partial charge is 0.400 e. The van der Waals surface area contributed by atoms with Crippen LogP contribution in [0.25, 0.3) is 0 Å². The molecule has 0 bridgehead atoms. The van der Waals surface area contributed by atoms with Crippen LogP contribution in [0.1, 0.15) is 34.1 Å². The highest BCUT2D eigenvalue weighted by Crippen LogP contribution is 2.14. The Morgan fingerprint density at radius 3 is 2.41 bits per heavy atom. The summed E-state index contributed by atoms with van der Waals surface area (Å²) in [7, 11) is 0.229. The van der Waals surface area contributed by atoms with Crippen LogP contribution in [0, 0.1) is 5.41 Å². The van der Waals surface area contributed by atoms with Gasteiger partial charge in [-0.15, -0.1) is 0 Å². The van der Waals surface area contributed by atoms with E-state index in [1.165, 1.54) is 0 Å². The van der Waals surface area contributed by atoms with Gasteiger partial charge < -0.3 is 18.6 Å². The average Bonchev–Trinajstić information content (AvgIpc) is 2.27. The molecule has 4 nitrogen and oxygen atoms in total. The van der Waals surface area contributed by atoms with E-state index in [4.69, 9.17) is 18.6 Å². The standard InChI is InChI=1S/C10H23B3O4/c1-5-14-12(17-9-10(2,3)4)11-13-15-7-6-8-16-13/h11H,5-9H2,1-4H3. The number of hydrogen-bond acceptors (Lipinski definition) is 4. The topological polar surface area (TPSA) is 36.9 Å². The first kappa shape index (κ1) is 15.1. The Balaban J connectivity index is 2.31. The third kappa shape index (κ3) is 7.14. The van der Waals surface area contributed by atoms with Gasteiger partial charge in [0.1, 0.15) is 0 Å². The maximum atomic E-state index is 5.77. The van der Waals surface area contributed by atoms with Crippen LogP contribution in [-0.4, -0.2) is 47.5 Å². The van der Waals surface area contributed by atoms with Gasteiger partial charge in [-0.3, -0.25) is 0 Å². The van der Waals surface area contributed by atoms with Crippen molar-refractivity contribution in [3.05, 3.63) is 0 Å². The minimum Gasteiger partial charge on any atom is -0.418 e. The molecule has 1 aliphatic heterocycles. The fourth-order valence-corrected chi connectivity index (χ4v) is 1.54. The van der Waals surface area contributed by atoms with E-state index in [9.17, 15) is 0 Å². The predicted molar refractivity (Wildman–Crippen MR) is 72.2 cm³/mol. The normalized spacial score (nSPS) is 17.1. The van der Waals surface area contributed by atoms with E-state index in [0.717, 1.165) is 19.6 Å². The number of hydrogen-bond donors (Lipinski definition) is 0. The molecule has 0 amide bonds. The molecule has 1 rings (SSSR count). The van der Waals surface area contributed by atoms with Gasteiger partial charge in [-0.2, -0.15) is 0 Å². The Kier molecular flexibility index (Phi) is 6.63. The van der Waals surface area contributed by atoms with Crippen molar-refractivity contribution in [1.82, 2.24) is 0 Å². The van der Waals surface area contributed by atoms with Crippen LogP contribution in [-0.2, 0) is 18.6 Å². The zero-order valence-corrected chi connectivity index (χ0v) is 11.5. The molecule has 1 heterocycles. The Morgan fingerprint density at radius 1 is 1.24 bits per heavy atom. The van der Waals surface area contributed by atoms with Gasteiger partial charge in [-0.25, -0.2) is 0 Å². The summed E-state index contributed by atoms with van der Waals surface area (Å²) in [4.78, 5) is 0. The molecule has 0 N–H and O–H groups in total. The molecule has 1 saturated heterocycles. The highest BCUT2D eigenvalue weighted by molar-refractivity contribution is 7.35. The monoisotopic (exact) mass is 240 g/mol. The lowest BCUT2D eigenvalue weighted by molar-refractivity contribution is 0.144. The van der Waals surface area contributed by atoms with E-state index in [0.29, 0.717) is 20.3 Å². The molecule has 96 valence electrons. The van der Waals surface area contributed by atoms with Crippen molar-refractivity contribution in [2.75, 3.05) is 26.4 Å². The molecule has 7 heteroatoms. The van der Waals surface area contributed by atoms with Crippen molar-refractivity contribution in [3.63, 3.8) is 0 Å². The van der Waals surface area contributed by atoms with E-state index in [2.05, 4.69) is 20.8 Å². The third-order valence-corrected chi connectivity index (χ3v) is 2.34. The van der Waals surface area contributed by atoms with Gasteiger partial charge >= 0.3 is 14.0 Å². The van der Waals surface area contributed by atoms with Crippen LogP contribution in [0.2, 0.25) is 0 Å². The highest BCUT2D eigenvalue weighted by Gasteiger charge is 2.33. The van der Waals surface area contributed by atoms with Crippen LogP contribution in [0.4, 0.5) is 0 Å². The molecule has 0 aromatic heterocycles. The van der Waals surface area contributed by atoms with Gasteiger partial charge in [-0.1, -0.05) is 20.8 Å². The summed E-state index contributed by atoms with van der Waals surface area (Å²) in [5.41, 5.74) is 0.142. The van der Waals surface area contributed by atoms with E-state index in [1.54, 1.807) is 0 Å². The van der Waals surface area contributed by atoms with Gasteiger partial charge in [0.25, 0.3) is 0 Å². The minimum atomic E-state index is -0.234. The van der Waals surface area contributed by atoms with Crippen LogP contribution < -0.4 is 0 Å². The lowest BCUT2D eigenvalue weighted by atomic mass is 9.23. The van der Waals surface area contributed by atoms with Gasteiger partial charge in [-0.05, 0) is 18.8 Å². The largest absolute Gasteiger partial charge is 0.418 e. The fraction of sp³-hybridized carbons (Fsp3) is 1.00. The molecule has 0 aromatic carbocycles. The predicted octanol–water partition coefficient (Wildman–Crippen LogP) is 0.929. The second-order valence-corrected chi connectivity index (χ2v) is 5.52. The summed E-state index contributed by atoms with van der Waals surface area (Å²) in [5, 5.41) is 0. The summed E-state index contributed by atoms with van der Waals surface area (Å²) in [5.74, 6) is 0. The number of rotatable bonds is 6. The van der Waals surface area contributed by atoms with E-state index in [1.807, 2.05) is 6.92 Å². The van der Waals surface area contributed by atoms with Crippen LogP contribution in [0.5, 0.6) is 0 Å². The summed E-state index contributed by atoms with van der Waals surface area (Å²) < 4.78 is 22.3. The molecule has 0 aromatic rings. The molecule has 0 saturated carbocycles. The van der Waals surface area contributed by atoms with Crippen molar-refractivity contribution >= 4 is 21.1 Å². The SMILES string of the molecule is CCOB(BB1OCCCO1)OCC(C)(C)C. The van der Waals surface area contributed by atoms with E-state index < -0.39 is 0 Å². The molecule has 0 aliphatic carbocycles. The highest BCUT2D eigenvalue weighted by atomic mass is 16.6. The molecule has 1 aliphatic rings. The Bertz CT molecular complexity index is 204.